The van der Waals surface area contributed by atoms with Gasteiger partial charge in [0.25, 0.3) is 0 Å². The Kier molecular flexibility index (Phi) is 8.40. The predicted molar refractivity (Wildman–Crippen MR) is 95.5 cm³/mol. The van der Waals surface area contributed by atoms with Gasteiger partial charge in [-0.3, -0.25) is 14.5 Å². The molecule has 1 rings (SSSR count). The summed E-state index contributed by atoms with van der Waals surface area (Å²) >= 11 is 0. The number of rotatable bonds is 8. The Balaban J connectivity index is 2.84. The summed E-state index contributed by atoms with van der Waals surface area (Å²) in [6.07, 6.45) is 0. The van der Waals surface area contributed by atoms with E-state index < -0.39 is 17.9 Å². The van der Waals surface area contributed by atoms with Gasteiger partial charge in [0.05, 0.1) is 38.4 Å². The van der Waals surface area contributed by atoms with Gasteiger partial charge in [0, 0.05) is 6.04 Å². The van der Waals surface area contributed by atoms with E-state index >= 15 is 0 Å². The monoisotopic (exact) mass is 380 g/mol. The van der Waals surface area contributed by atoms with Gasteiger partial charge in [-0.15, -0.1) is 0 Å². The zero-order valence-electron chi connectivity index (χ0n) is 16.0. The summed E-state index contributed by atoms with van der Waals surface area (Å²) in [6, 6.07) is 3.83. The fraction of sp³-hybridized carbons (Fsp3) is 0.444. The first-order valence-electron chi connectivity index (χ1n) is 8.16. The van der Waals surface area contributed by atoms with E-state index in [-0.39, 0.29) is 41.9 Å². The van der Waals surface area contributed by atoms with Crippen molar-refractivity contribution in [2.24, 2.45) is 0 Å². The highest BCUT2D eigenvalue weighted by molar-refractivity contribution is 5.96. The fourth-order valence-electron chi connectivity index (χ4n) is 2.18. The molecule has 1 N–H and O–H groups in total. The second-order valence-electron chi connectivity index (χ2n) is 6.10. The molecule has 0 spiro atoms. The maximum atomic E-state index is 12.1. The van der Waals surface area contributed by atoms with Crippen LogP contribution in [0.5, 0.6) is 5.75 Å². The molecular weight excluding hydrogens is 356 g/mol. The fourth-order valence-corrected chi connectivity index (χ4v) is 2.18. The van der Waals surface area contributed by atoms with Crippen LogP contribution < -0.4 is 10.1 Å². The van der Waals surface area contributed by atoms with Crippen LogP contribution >= 0.6 is 0 Å². The lowest BCUT2D eigenvalue weighted by molar-refractivity contribution is -0.135. The van der Waals surface area contributed by atoms with E-state index in [4.69, 9.17) is 4.74 Å². The van der Waals surface area contributed by atoms with Crippen LogP contribution in [-0.4, -0.2) is 69.1 Å². The normalized spacial score (nSPS) is 10.5. The minimum Gasteiger partial charge on any atom is -0.465 e. The number of nitrogens with zero attached hydrogens (tertiary/aromatic N) is 1. The number of hydrogen-bond donors (Lipinski definition) is 1. The van der Waals surface area contributed by atoms with Crippen LogP contribution in [0.15, 0.2) is 18.2 Å². The van der Waals surface area contributed by atoms with E-state index in [1.807, 2.05) is 13.8 Å². The number of benzene rings is 1. The summed E-state index contributed by atoms with van der Waals surface area (Å²) in [6.45, 7) is 3.52. The van der Waals surface area contributed by atoms with Crippen molar-refractivity contribution < 1.29 is 33.4 Å². The zero-order chi connectivity index (χ0) is 20.6. The third kappa shape index (κ3) is 7.45. The summed E-state index contributed by atoms with van der Waals surface area (Å²) in [7, 11) is 3.97. The Bertz CT molecular complexity index is 681. The number of nitrogens with one attached hydrogen (secondary N) is 1. The van der Waals surface area contributed by atoms with E-state index in [1.165, 1.54) is 37.3 Å². The molecule has 9 nitrogen and oxygen atoms in total. The molecule has 27 heavy (non-hydrogen) atoms. The van der Waals surface area contributed by atoms with Gasteiger partial charge in [0.1, 0.15) is 5.75 Å². The van der Waals surface area contributed by atoms with Gasteiger partial charge >= 0.3 is 17.9 Å². The lowest BCUT2D eigenvalue weighted by Gasteiger charge is -2.16. The molecule has 0 bridgehead atoms. The minimum absolute atomic E-state index is 0.00402. The van der Waals surface area contributed by atoms with Crippen molar-refractivity contribution in [3.05, 3.63) is 29.3 Å². The lowest BCUT2D eigenvalue weighted by atomic mass is 10.1. The van der Waals surface area contributed by atoms with E-state index in [1.54, 1.807) is 7.05 Å². The number of hydrogen-bond acceptors (Lipinski definition) is 8. The number of amides is 1. The maximum absolute atomic E-state index is 12.1. The Morgan fingerprint density at radius 1 is 0.963 bits per heavy atom. The minimum atomic E-state index is -0.694. The third-order valence-corrected chi connectivity index (χ3v) is 3.24. The van der Waals surface area contributed by atoms with E-state index in [2.05, 4.69) is 14.8 Å². The SMILES string of the molecule is COC(=O)c1cc(OC(=O)CN(C)CC(=O)NC(C)C)cc(C(=O)OC)c1. The molecule has 0 heterocycles. The molecular formula is C18H24N2O7. The van der Waals surface area contributed by atoms with Crippen molar-refractivity contribution >= 4 is 23.8 Å². The number of ether oxygens (including phenoxy) is 3. The Labute approximate surface area is 157 Å². The van der Waals surface area contributed by atoms with E-state index in [0.717, 1.165) is 0 Å². The number of esters is 3. The molecule has 148 valence electrons. The van der Waals surface area contributed by atoms with Crippen LogP contribution in [0.1, 0.15) is 34.6 Å². The quantitative estimate of drug-likeness (QED) is 0.516. The smallest absolute Gasteiger partial charge is 0.338 e. The molecule has 1 aromatic carbocycles. The molecule has 9 heteroatoms. The van der Waals surface area contributed by atoms with Crippen LogP contribution in [0, 0.1) is 0 Å². The average Bonchev–Trinajstić information content (AvgIpc) is 2.58. The summed E-state index contributed by atoms with van der Waals surface area (Å²) in [4.78, 5) is 48.7. The van der Waals surface area contributed by atoms with Crippen LogP contribution in [0.2, 0.25) is 0 Å². The molecule has 1 amide bonds. The molecule has 0 aliphatic rings. The molecule has 0 saturated heterocycles. The molecule has 0 saturated carbocycles. The van der Waals surface area contributed by atoms with Gasteiger partial charge in [-0.1, -0.05) is 0 Å². The first kappa shape index (κ1) is 22.1. The molecule has 0 aliphatic heterocycles. The number of methoxy groups -OCH3 is 2. The summed E-state index contributed by atoms with van der Waals surface area (Å²) in [5.41, 5.74) is 0.0701. The Morgan fingerprint density at radius 3 is 1.93 bits per heavy atom. The summed E-state index contributed by atoms with van der Waals surface area (Å²) in [5, 5.41) is 2.71. The molecule has 0 unspecified atom stereocenters. The second kappa shape index (κ2) is 10.3. The van der Waals surface area contributed by atoms with Crippen LogP contribution in [-0.2, 0) is 19.1 Å². The van der Waals surface area contributed by atoms with Crippen molar-refractivity contribution in [1.29, 1.82) is 0 Å². The molecule has 0 radical (unpaired) electrons. The van der Waals surface area contributed by atoms with Gasteiger partial charge in [0.15, 0.2) is 0 Å². The molecule has 0 aliphatic carbocycles. The van der Waals surface area contributed by atoms with Crippen LogP contribution in [0.4, 0.5) is 0 Å². The lowest BCUT2D eigenvalue weighted by Crippen LogP contribution is -2.40. The topological polar surface area (TPSA) is 111 Å². The molecule has 1 aromatic rings. The number of carbonyl (C=O) groups is 4. The molecule has 0 aromatic heterocycles. The van der Waals surface area contributed by atoms with Crippen molar-refractivity contribution in [3.63, 3.8) is 0 Å². The highest BCUT2D eigenvalue weighted by Gasteiger charge is 2.17. The van der Waals surface area contributed by atoms with Crippen molar-refractivity contribution in [3.8, 4) is 5.75 Å². The van der Waals surface area contributed by atoms with E-state index in [0.29, 0.717) is 0 Å². The predicted octanol–water partition coefficient (Wildman–Crippen LogP) is 0.622. The zero-order valence-corrected chi connectivity index (χ0v) is 16.0. The maximum Gasteiger partial charge on any atom is 0.338 e. The van der Waals surface area contributed by atoms with Crippen molar-refractivity contribution in [2.45, 2.75) is 19.9 Å². The van der Waals surface area contributed by atoms with E-state index in [9.17, 15) is 19.2 Å². The third-order valence-electron chi connectivity index (χ3n) is 3.24. The van der Waals surface area contributed by atoms with Gasteiger partial charge in [0.2, 0.25) is 5.91 Å². The highest BCUT2D eigenvalue weighted by atomic mass is 16.5. The highest BCUT2D eigenvalue weighted by Crippen LogP contribution is 2.19. The Hall–Kier alpha value is -2.94. The number of likely N-dealkylation sites (N-methyl/N-ethyl adjacent to an activating group) is 1. The second-order valence-corrected chi connectivity index (χ2v) is 6.10. The standard InChI is InChI=1S/C18H24N2O7/c1-11(2)19-15(21)9-20(3)10-16(22)27-14-7-12(17(23)25-4)6-13(8-14)18(24)26-5/h6-8,11H,9-10H2,1-5H3,(H,19,21). The number of carbonyl (C=O) groups excluding carboxylic acids is 4. The van der Waals surface area contributed by atoms with Gasteiger partial charge < -0.3 is 19.5 Å². The van der Waals surface area contributed by atoms with Gasteiger partial charge in [-0.05, 0) is 39.1 Å². The van der Waals surface area contributed by atoms with Crippen molar-refractivity contribution in [1.82, 2.24) is 10.2 Å². The van der Waals surface area contributed by atoms with Gasteiger partial charge in [-0.25, -0.2) is 9.59 Å². The summed E-state index contributed by atoms with van der Waals surface area (Å²) in [5.74, 6) is -2.28. The largest absolute Gasteiger partial charge is 0.465 e. The first-order valence-corrected chi connectivity index (χ1v) is 8.16. The Morgan fingerprint density at radius 2 is 1.48 bits per heavy atom. The first-order chi connectivity index (χ1) is 12.7. The molecule has 0 atom stereocenters. The van der Waals surface area contributed by atoms with Gasteiger partial charge in [-0.2, -0.15) is 0 Å². The van der Waals surface area contributed by atoms with Crippen molar-refractivity contribution in [2.75, 3.05) is 34.4 Å². The van der Waals surface area contributed by atoms with Crippen LogP contribution in [0.25, 0.3) is 0 Å². The molecule has 0 fully saturated rings. The van der Waals surface area contributed by atoms with Crippen LogP contribution in [0.3, 0.4) is 0 Å². The summed E-state index contributed by atoms with van der Waals surface area (Å²) < 4.78 is 14.4. The average molecular weight is 380 g/mol.